The van der Waals surface area contributed by atoms with E-state index in [4.69, 9.17) is 10.5 Å². The quantitative estimate of drug-likeness (QED) is 0.775. The molecular formula is C14H17BrN4O2. The standard InChI is InChI=1S/C14H17BrN4O2/c1-21-7-6-19-14(20)13(15)12(9-18-19)17-8-10-2-4-11(16)5-3-10/h2-5,9,17H,6-8,16H2,1H3. The largest absolute Gasteiger partial charge is 0.399 e. The van der Waals surface area contributed by atoms with Crippen molar-refractivity contribution in [2.45, 2.75) is 13.1 Å². The van der Waals surface area contributed by atoms with Gasteiger partial charge in [0, 0.05) is 19.3 Å². The number of nitrogens with zero attached hydrogens (tertiary/aromatic N) is 2. The van der Waals surface area contributed by atoms with E-state index in [1.54, 1.807) is 13.3 Å². The lowest BCUT2D eigenvalue weighted by Gasteiger charge is -2.10. The number of rotatable bonds is 6. The van der Waals surface area contributed by atoms with Crippen molar-refractivity contribution in [1.29, 1.82) is 0 Å². The van der Waals surface area contributed by atoms with Crippen LogP contribution in [0.2, 0.25) is 0 Å². The zero-order valence-corrected chi connectivity index (χ0v) is 13.3. The summed E-state index contributed by atoms with van der Waals surface area (Å²) in [5, 5.41) is 7.29. The molecule has 0 radical (unpaired) electrons. The van der Waals surface area contributed by atoms with Crippen molar-refractivity contribution in [1.82, 2.24) is 9.78 Å². The Balaban J connectivity index is 2.08. The van der Waals surface area contributed by atoms with Gasteiger partial charge in [-0.25, -0.2) is 4.68 Å². The van der Waals surface area contributed by atoms with Gasteiger partial charge >= 0.3 is 0 Å². The van der Waals surface area contributed by atoms with Crippen molar-refractivity contribution in [2.75, 3.05) is 24.8 Å². The fraction of sp³-hybridized carbons (Fsp3) is 0.286. The average Bonchev–Trinajstić information content (AvgIpc) is 2.49. The highest BCUT2D eigenvalue weighted by molar-refractivity contribution is 9.10. The number of methoxy groups -OCH3 is 1. The zero-order valence-electron chi connectivity index (χ0n) is 11.7. The van der Waals surface area contributed by atoms with Crippen LogP contribution in [0.15, 0.2) is 39.7 Å². The van der Waals surface area contributed by atoms with Crippen molar-refractivity contribution >= 4 is 27.3 Å². The van der Waals surface area contributed by atoms with Gasteiger partial charge in [-0.2, -0.15) is 5.10 Å². The number of ether oxygens (including phenoxy) is 1. The molecule has 2 rings (SSSR count). The molecule has 0 unspecified atom stereocenters. The minimum atomic E-state index is -0.186. The van der Waals surface area contributed by atoms with E-state index in [2.05, 4.69) is 26.3 Å². The maximum atomic E-state index is 12.1. The Kier molecular flexibility index (Phi) is 5.35. The van der Waals surface area contributed by atoms with Gasteiger partial charge in [0.2, 0.25) is 0 Å². The summed E-state index contributed by atoms with van der Waals surface area (Å²) in [6.45, 7) is 1.45. The molecule has 0 saturated heterocycles. The number of anilines is 2. The van der Waals surface area contributed by atoms with Crippen LogP contribution in [0, 0.1) is 0 Å². The third kappa shape index (κ3) is 4.05. The second-order valence-corrected chi connectivity index (χ2v) is 5.28. The number of nitrogen functional groups attached to an aromatic ring is 1. The second-order valence-electron chi connectivity index (χ2n) is 4.49. The Morgan fingerprint density at radius 2 is 2.10 bits per heavy atom. The van der Waals surface area contributed by atoms with Crippen LogP contribution in [0.1, 0.15) is 5.56 Å². The summed E-state index contributed by atoms with van der Waals surface area (Å²) in [5.74, 6) is 0. The fourth-order valence-corrected chi connectivity index (χ4v) is 2.21. The normalized spacial score (nSPS) is 10.6. The van der Waals surface area contributed by atoms with E-state index in [0.29, 0.717) is 29.9 Å². The van der Waals surface area contributed by atoms with Crippen molar-refractivity contribution < 1.29 is 4.74 Å². The molecule has 0 aliphatic rings. The van der Waals surface area contributed by atoms with E-state index in [0.717, 1.165) is 11.3 Å². The molecule has 2 aromatic rings. The molecule has 112 valence electrons. The van der Waals surface area contributed by atoms with Crippen LogP contribution in [0.5, 0.6) is 0 Å². The van der Waals surface area contributed by atoms with Gasteiger partial charge in [0.1, 0.15) is 4.47 Å². The van der Waals surface area contributed by atoms with E-state index in [1.807, 2.05) is 24.3 Å². The smallest absolute Gasteiger partial charge is 0.283 e. The van der Waals surface area contributed by atoms with Crippen molar-refractivity contribution in [3.05, 3.63) is 50.9 Å². The molecular weight excluding hydrogens is 336 g/mol. The average molecular weight is 353 g/mol. The maximum Gasteiger partial charge on any atom is 0.283 e. The molecule has 0 aliphatic heterocycles. The Hall–Kier alpha value is -1.86. The minimum Gasteiger partial charge on any atom is -0.399 e. The third-order valence-electron chi connectivity index (χ3n) is 2.95. The van der Waals surface area contributed by atoms with Crippen LogP contribution in [-0.2, 0) is 17.8 Å². The van der Waals surface area contributed by atoms with Gasteiger partial charge in [-0.1, -0.05) is 12.1 Å². The highest BCUT2D eigenvalue weighted by Crippen LogP contribution is 2.17. The Labute approximate surface area is 131 Å². The number of halogens is 1. The van der Waals surface area contributed by atoms with Gasteiger partial charge < -0.3 is 15.8 Å². The number of hydrogen-bond acceptors (Lipinski definition) is 5. The first-order valence-electron chi connectivity index (χ1n) is 6.44. The third-order valence-corrected chi connectivity index (χ3v) is 3.72. The number of nitrogens with two attached hydrogens (primary N) is 1. The lowest BCUT2D eigenvalue weighted by molar-refractivity contribution is 0.181. The first kappa shape index (κ1) is 15.5. The van der Waals surface area contributed by atoms with Crippen LogP contribution in [0.3, 0.4) is 0 Å². The zero-order chi connectivity index (χ0) is 15.2. The predicted molar refractivity (Wildman–Crippen MR) is 86.3 cm³/mol. The van der Waals surface area contributed by atoms with Crippen molar-refractivity contribution in [2.24, 2.45) is 0 Å². The lowest BCUT2D eigenvalue weighted by atomic mass is 10.2. The van der Waals surface area contributed by atoms with Gasteiger partial charge in [-0.05, 0) is 33.6 Å². The summed E-state index contributed by atoms with van der Waals surface area (Å²) in [7, 11) is 1.59. The van der Waals surface area contributed by atoms with E-state index >= 15 is 0 Å². The summed E-state index contributed by atoms with van der Waals surface area (Å²) in [6, 6.07) is 7.55. The molecule has 0 saturated carbocycles. The summed E-state index contributed by atoms with van der Waals surface area (Å²) >= 11 is 3.31. The number of aromatic nitrogens is 2. The summed E-state index contributed by atoms with van der Waals surface area (Å²) < 4.78 is 6.77. The molecule has 3 N–H and O–H groups in total. The monoisotopic (exact) mass is 352 g/mol. The molecule has 0 bridgehead atoms. The molecule has 1 aromatic carbocycles. The van der Waals surface area contributed by atoms with Gasteiger partial charge in [0.15, 0.2) is 0 Å². The maximum absolute atomic E-state index is 12.1. The van der Waals surface area contributed by atoms with Gasteiger partial charge in [-0.3, -0.25) is 4.79 Å². The van der Waals surface area contributed by atoms with Gasteiger partial charge in [-0.15, -0.1) is 0 Å². The number of nitrogens with one attached hydrogen (secondary N) is 1. The second kappa shape index (κ2) is 7.24. The Bertz CT molecular complexity index is 655. The Morgan fingerprint density at radius 3 is 2.76 bits per heavy atom. The van der Waals surface area contributed by atoms with E-state index in [-0.39, 0.29) is 5.56 Å². The molecule has 0 atom stereocenters. The van der Waals surface area contributed by atoms with Gasteiger partial charge in [0.25, 0.3) is 5.56 Å². The first-order chi connectivity index (χ1) is 10.1. The van der Waals surface area contributed by atoms with E-state index in [9.17, 15) is 4.79 Å². The van der Waals surface area contributed by atoms with E-state index < -0.39 is 0 Å². The van der Waals surface area contributed by atoms with Crippen LogP contribution in [-0.4, -0.2) is 23.5 Å². The van der Waals surface area contributed by atoms with Gasteiger partial charge in [0.05, 0.1) is 25.0 Å². The molecule has 1 heterocycles. The van der Waals surface area contributed by atoms with Crippen LogP contribution >= 0.6 is 15.9 Å². The summed E-state index contributed by atoms with van der Waals surface area (Å²) in [6.07, 6.45) is 1.62. The lowest BCUT2D eigenvalue weighted by Crippen LogP contribution is -2.26. The first-order valence-corrected chi connectivity index (χ1v) is 7.24. The molecule has 7 heteroatoms. The number of hydrogen-bond donors (Lipinski definition) is 2. The SMILES string of the molecule is COCCn1ncc(NCc2ccc(N)cc2)c(Br)c1=O. The summed E-state index contributed by atoms with van der Waals surface area (Å²) in [5.41, 5.74) is 7.91. The minimum absolute atomic E-state index is 0.186. The highest BCUT2D eigenvalue weighted by atomic mass is 79.9. The molecule has 1 aromatic heterocycles. The van der Waals surface area contributed by atoms with Crippen molar-refractivity contribution in [3.8, 4) is 0 Å². The fourth-order valence-electron chi connectivity index (χ4n) is 1.76. The molecule has 0 spiro atoms. The Morgan fingerprint density at radius 1 is 1.38 bits per heavy atom. The molecule has 0 aliphatic carbocycles. The van der Waals surface area contributed by atoms with Crippen LogP contribution in [0.4, 0.5) is 11.4 Å². The van der Waals surface area contributed by atoms with Crippen molar-refractivity contribution in [3.63, 3.8) is 0 Å². The van der Waals surface area contributed by atoms with E-state index in [1.165, 1.54) is 4.68 Å². The van der Waals surface area contributed by atoms with Crippen LogP contribution in [0.25, 0.3) is 0 Å². The number of benzene rings is 1. The molecule has 0 amide bonds. The van der Waals surface area contributed by atoms with Crippen LogP contribution < -0.4 is 16.6 Å². The summed E-state index contributed by atoms with van der Waals surface area (Å²) in [4.78, 5) is 12.1. The molecule has 21 heavy (non-hydrogen) atoms. The molecule has 0 fully saturated rings. The topological polar surface area (TPSA) is 82.2 Å². The molecule has 6 nitrogen and oxygen atoms in total. The highest BCUT2D eigenvalue weighted by Gasteiger charge is 2.08. The predicted octanol–water partition coefficient (Wildman–Crippen LogP) is 1.85.